The van der Waals surface area contributed by atoms with E-state index in [0.29, 0.717) is 25.4 Å². The highest BCUT2D eigenvalue weighted by molar-refractivity contribution is 5.83. The lowest BCUT2D eigenvalue weighted by molar-refractivity contribution is -0.135. The molecule has 3 N–H and O–H groups in total. The van der Waals surface area contributed by atoms with Gasteiger partial charge >= 0.3 is 0 Å². The predicted octanol–water partition coefficient (Wildman–Crippen LogP) is 0.217. The van der Waals surface area contributed by atoms with Gasteiger partial charge in [-0.2, -0.15) is 0 Å². The number of carbonyl (C=O) groups is 1. The Morgan fingerprint density at radius 2 is 2.19 bits per heavy atom. The van der Waals surface area contributed by atoms with Crippen molar-refractivity contribution in [2.24, 2.45) is 5.92 Å². The molecular weight excluding hydrogens is 332 g/mol. The maximum absolute atomic E-state index is 13.1. The van der Waals surface area contributed by atoms with Gasteiger partial charge in [0.15, 0.2) is 0 Å². The summed E-state index contributed by atoms with van der Waals surface area (Å²) in [5.41, 5.74) is 3.26. The number of hydrogen-bond acceptors (Lipinski definition) is 5. The summed E-state index contributed by atoms with van der Waals surface area (Å²) in [5.74, 6) is 1.42. The highest BCUT2D eigenvalue weighted by Crippen LogP contribution is 2.31. The lowest BCUT2D eigenvalue weighted by atomic mass is 10.0. The van der Waals surface area contributed by atoms with Crippen molar-refractivity contribution in [3.8, 4) is 0 Å². The van der Waals surface area contributed by atoms with Gasteiger partial charge in [-0.3, -0.25) is 9.59 Å². The minimum Gasteiger partial charge on any atom is -0.348 e. The van der Waals surface area contributed by atoms with Crippen LogP contribution < -0.4 is 10.9 Å². The second-order valence-electron chi connectivity index (χ2n) is 7.50. The lowest BCUT2D eigenvalue weighted by Crippen LogP contribution is -2.46. The van der Waals surface area contributed by atoms with E-state index in [1.165, 1.54) is 12.8 Å². The summed E-state index contributed by atoms with van der Waals surface area (Å²) in [5, 5.41) is 3.28. The number of amides is 1. The Kier molecular flexibility index (Phi) is 3.66. The van der Waals surface area contributed by atoms with E-state index in [2.05, 4.69) is 25.3 Å². The monoisotopic (exact) mass is 354 g/mol. The molecule has 2 aromatic heterocycles. The Bertz CT molecular complexity index is 913. The number of H-pyrrole nitrogens is 2. The highest BCUT2D eigenvalue weighted by atomic mass is 16.2. The zero-order chi connectivity index (χ0) is 17.7. The third-order valence-electron chi connectivity index (χ3n) is 5.61. The molecule has 5 rings (SSSR count). The van der Waals surface area contributed by atoms with Crippen LogP contribution in [0.2, 0.25) is 0 Å². The Morgan fingerprint density at radius 1 is 1.31 bits per heavy atom. The quantitative estimate of drug-likeness (QED) is 0.731. The number of fused-ring (bicyclic) bond motifs is 2. The van der Waals surface area contributed by atoms with Crippen LogP contribution in [0.3, 0.4) is 0 Å². The fourth-order valence-corrected chi connectivity index (χ4v) is 3.98. The van der Waals surface area contributed by atoms with E-state index < -0.39 is 6.04 Å². The predicted molar refractivity (Wildman–Crippen MR) is 93.4 cm³/mol. The summed E-state index contributed by atoms with van der Waals surface area (Å²) >= 11 is 0. The van der Waals surface area contributed by atoms with Crippen LogP contribution in [0.25, 0.3) is 0 Å². The van der Waals surface area contributed by atoms with Crippen LogP contribution in [0.5, 0.6) is 0 Å². The lowest BCUT2D eigenvalue weighted by Gasteiger charge is -2.32. The first kappa shape index (κ1) is 15.7. The molecule has 1 atom stereocenters. The fraction of sp³-hybridized carbons (Fsp3) is 0.556. The number of rotatable bonds is 3. The van der Waals surface area contributed by atoms with E-state index in [4.69, 9.17) is 0 Å². The van der Waals surface area contributed by atoms with E-state index >= 15 is 0 Å². The molecule has 0 unspecified atom stereocenters. The molecule has 3 aliphatic rings. The van der Waals surface area contributed by atoms with E-state index in [-0.39, 0.29) is 11.5 Å². The summed E-state index contributed by atoms with van der Waals surface area (Å²) in [7, 11) is 0. The molecule has 0 radical (unpaired) electrons. The summed E-state index contributed by atoms with van der Waals surface area (Å²) in [6.45, 7) is 1.68. The van der Waals surface area contributed by atoms with Crippen LogP contribution in [-0.4, -0.2) is 43.8 Å². The van der Waals surface area contributed by atoms with Crippen molar-refractivity contribution >= 4 is 5.91 Å². The number of hydrogen-bond donors (Lipinski definition) is 3. The van der Waals surface area contributed by atoms with Gasteiger partial charge in [0.2, 0.25) is 5.91 Å². The molecular formula is C18H22N6O2. The van der Waals surface area contributed by atoms with Crippen molar-refractivity contribution in [1.29, 1.82) is 0 Å². The third kappa shape index (κ3) is 2.74. The van der Waals surface area contributed by atoms with Gasteiger partial charge < -0.3 is 20.2 Å². The normalized spacial score (nSPS) is 22.0. The highest BCUT2D eigenvalue weighted by Gasteiger charge is 2.34. The van der Waals surface area contributed by atoms with Gasteiger partial charge in [0.25, 0.3) is 5.56 Å². The van der Waals surface area contributed by atoms with Crippen molar-refractivity contribution in [2.75, 3.05) is 13.1 Å². The van der Waals surface area contributed by atoms with Crippen molar-refractivity contribution in [3.05, 3.63) is 45.2 Å². The molecule has 8 heteroatoms. The average molecular weight is 354 g/mol. The SMILES string of the molecule is O=C([C@H]1NCCc2[nH]cnc21)N1CCc2c(nc(CC3CC3)[nH]c2=O)C1. The Morgan fingerprint density at radius 3 is 3.04 bits per heavy atom. The van der Waals surface area contributed by atoms with Crippen molar-refractivity contribution in [3.63, 3.8) is 0 Å². The van der Waals surface area contributed by atoms with Gasteiger partial charge in [-0.15, -0.1) is 0 Å². The van der Waals surface area contributed by atoms with Crippen molar-refractivity contribution in [1.82, 2.24) is 30.2 Å². The van der Waals surface area contributed by atoms with Crippen molar-refractivity contribution < 1.29 is 4.79 Å². The summed E-state index contributed by atoms with van der Waals surface area (Å²) in [6, 6.07) is -0.417. The standard InChI is InChI=1S/C18H22N6O2/c25-17-11-4-6-24(8-13(11)22-14(23-17)7-10-1-2-10)18(26)16-15-12(3-5-19-16)20-9-21-15/h9-10,16,19H,1-8H2,(H,20,21)(H,22,23,25)/t16-/m0/s1. The molecule has 2 aromatic rings. The number of imidazole rings is 1. The average Bonchev–Trinajstić information content (AvgIpc) is 3.32. The molecule has 1 amide bonds. The van der Waals surface area contributed by atoms with Crippen LogP contribution in [-0.2, 0) is 30.6 Å². The molecule has 1 saturated carbocycles. The molecule has 136 valence electrons. The number of nitrogens with one attached hydrogen (secondary N) is 3. The van der Waals surface area contributed by atoms with Crippen LogP contribution in [0.15, 0.2) is 11.1 Å². The van der Waals surface area contributed by atoms with Crippen LogP contribution in [0.1, 0.15) is 47.4 Å². The Hall–Kier alpha value is -2.48. The molecule has 0 aromatic carbocycles. The first-order valence-electron chi connectivity index (χ1n) is 9.34. The minimum absolute atomic E-state index is 0.00882. The molecule has 2 aliphatic heterocycles. The maximum Gasteiger partial charge on any atom is 0.254 e. The van der Waals surface area contributed by atoms with E-state index in [0.717, 1.165) is 47.9 Å². The zero-order valence-electron chi connectivity index (χ0n) is 14.5. The van der Waals surface area contributed by atoms with Gasteiger partial charge in [-0.25, -0.2) is 9.97 Å². The summed E-state index contributed by atoms with van der Waals surface area (Å²) in [6.07, 6.45) is 6.30. The first-order valence-corrected chi connectivity index (χ1v) is 9.34. The molecule has 1 aliphatic carbocycles. The van der Waals surface area contributed by atoms with Crippen LogP contribution in [0.4, 0.5) is 0 Å². The molecule has 8 nitrogen and oxygen atoms in total. The molecule has 26 heavy (non-hydrogen) atoms. The Balaban J connectivity index is 1.39. The van der Waals surface area contributed by atoms with Crippen LogP contribution in [0, 0.1) is 5.92 Å². The molecule has 4 heterocycles. The smallest absolute Gasteiger partial charge is 0.254 e. The van der Waals surface area contributed by atoms with Gasteiger partial charge in [-0.1, -0.05) is 0 Å². The Labute approximate surface area is 150 Å². The molecule has 0 spiro atoms. The van der Waals surface area contributed by atoms with Crippen molar-refractivity contribution in [2.45, 2.75) is 44.7 Å². The topological polar surface area (TPSA) is 107 Å². The number of carbonyl (C=O) groups excluding carboxylic acids is 1. The minimum atomic E-state index is -0.417. The van der Waals surface area contributed by atoms with E-state index in [1.54, 1.807) is 11.2 Å². The second kappa shape index (κ2) is 6.05. The number of aromatic amines is 2. The summed E-state index contributed by atoms with van der Waals surface area (Å²) in [4.78, 5) is 42.3. The van der Waals surface area contributed by atoms with E-state index in [9.17, 15) is 9.59 Å². The van der Waals surface area contributed by atoms with Gasteiger partial charge in [0.05, 0.1) is 24.3 Å². The number of aromatic nitrogens is 4. The third-order valence-corrected chi connectivity index (χ3v) is 5.61. The van der Waals surface area contributed by atoms with Crippen LogP contribution >= 0.6 is 0 Å². The number of nitrogens with zero attached hydrogens (tertiary/aromatic N) is 3. The maximum atomic E-state index is 13.1. The zero-order valence-corrected chi connectivity index (χ0v) is 14.5. The largest absolute Gasteiger partial charge is 0.348 e. The second-order valence-corrected chi connectivity index (χ2v) is 7.50. The first-order chi connectivity index (χ1) is 12.7. The van der Waals surface area contributed by atoms with Gasteiger partial charge in [0.1, 0.15) is 11.9 Å². The summed E-state index contributed by atoms with van der Waals surface area (Å²) < 4.78 is 0. The fourth-order valence-electron chi connectivity index (χ4n) is 3.98. The van der Waals surface area contributed by atoms with Gasteiger partial charge in [-0.05, 0) is 25.2 Å². The molecule has 0 saturated heterocycles. The van der Waals surface area contributed by atoms with Gasteiger partial charge in [0, 0.05) is 37.2 Å². The van der Waals surface area contributed by atoms with E-state index in [1.807, 2.05) is 0 Å². The molecule has 1 fully saturated rings. The molecule has 0 bridgehead atoms.